The van der Waals surface area contributed by atoms with Gasteiger partial charge in [0.1, 0.15) is 17.6 Å². The molecule has 142 valence electrons. The van der Waals surface area contributed by atoms with Gasteiger partial charge in [-0.1, -0.05) is 17.3 Å². The van der Waals surface area contributed by atoms with Crippen LogP contribution in [0.4, 0.5) is 0 Å². The van der Waals surface area contributed by atoms with Crippen molar-refractivity contribution in [3.8, 4) is 22.5 Å². The van der Waals surface area contributed by atoms with E-state index in [1.54, 1.807) is 0 Å². The molecule has 2 aliphatic rings. The van der Waals surface area contributed by atoms with Crippen molar-refractivity contribution in [2.24, 2.45) is 5.18 Å². The van der Waals surface area contributed by atoms with Gasteiger partial charge in [-0.05, 0) is 79.7 Å². The second-order valence-corrected chi connectivity index (χ2v) is 7.73. The average Bonchev–Trinajstić information content (AvgIpc) is 3.39. The molecule has 1 aromatic carbocycles. The lowest BCUT2D eigenvalue weighted by molar-refractivity contribution is 0.390. The number of benzene rings is 1. The molecule has 0 amide bonds. The van der Waals surface area contributed by atoms with Crippen LogP contribution in [0.5, 0.6) is 0 Å². The van der Waals surface area contributed by atoms with E-state index in [1.807, 2.05) is 30.6 Å². The number of nitrogens with zero attached hydrogens (tertiary/aromatic N) is 2. The molecule has 0 spiro atoms. The van der Waals surface area contributed by atoms with Gasteiger partial charge in [-0.15, -0.1) is 0 Å². The molecule has 1 aliphatic carbocycles. The lowest BCUT2D eigenvalue weighted by Gasteiger charge is -2.20. The molecule has 1 saturated heterocycles. The summed E-state index contributed by atoms with van der Waals surface area (Å²) in [7, 11) is 0. The van der Waals surface area contributed by atoms with Crippen LogP contribution in [-0.4, -0.2) is 18.1 Å². The Balaban J connectivity index is 1.60. The van der Waals surface area contributed by atoms with Crippen molar-refractivity contribution in [3.63, 3.8) is 0 Å². The molecule has 0 bridgehead atoms. The number of aryl methyl sites for hydroxylation is 1. The van der Waals surface area contributed by atoms with Gasteiger partial charge in [-0.2, -0.15) is 4.91 Å². The Morgan fingerprint density at radius 1 is 1.00 bits per heavy atom. The molecular formula is C23H23N3O2. The maximum atomic E-state index is 11.1. The van der Waals surface area contributed by atoms with E-state index in [0.717, 1.165) is 72.5 Å². The minimum absolute atomic E-state index is 0.203. The first kappa shape index (κ1) is 17.3. The molecule has 3 heterocycles. The van der Waals surface area contributed by atoms with Crippen LogP contribution < -0.4 is 5.32 Å². The van der Waals surface area contributed by atoms with Crippen molar-refractivity contribution >= 4 is 0 Å². The Hall–Kier alpha value is -2.79. The first-order valence-corrected chi connectivity index (χ1v) is 10.0. The zero-order valence-electron chi connectivity index (χ0n) is 15.7. The number of rotatable bonds is 4. The first-order valence-electron chi connectivity index (χ1n) is 10.0. The molecule has 1 N–H and O–H groups in total. The molecule has 5 heteroatoms. The molecule has 1 aliphatic heterocycles. The Kier molecular flexibility index (Phi) is 4.53. The van der Waals surface area contributed by atoms with Crippen molar-refractivity contribution in [3.05, 3.63) is 70.6 Å². The molecule has 2 aromatic heterocycles. The lowest BCUT2D eigenvalue weighted by Crippen LogP contribution is -2.26. The van der Waals surface area contributed by atoms with Gasteiger partial charge in [0, 0.05) is 29.4 Å². The molecule has 5 nitrogen and oxygen atoms in total. The molecule has 0 radical (unpaired) electrons. The Labute approximate surface area is 164 Å². The second-order valence-electron chi connectivity index (χ2n) is 7.73. The monoisotopic (exact) mass is 373 g/mol. The van der Waals surface area contributed by atoms with Crippen LogP contribution in [0.3, 0.4) is 0 Å². The van der Waals surface area contributed by atoms with Crippen LogP contribution in [0.15, 0.2) is 58.4 Å². The van der Waals surface area contributed by atoms with Crippen LogP contribution in [0.25, 0.3) is 22.5 Å². The highest BCUT2D eigenvalue weighted by molar-refractivity contribution is 5.80. The predicted octanol–water partition coefficient (Wildman–Crippen LogP) is 5.23. The van der Waals surface area contributed by atoms with E-state index in [2.05, 4.69) is 33.7 Å². The highest BCUT2D eigenvalue weighted by Gasteiger charge is 2.26. The summed E-state index contributed by atoms with van der Waals surface area (Å²) in [4.78, 5) is 15.2. The third-order valence-electron chi connectivity index (χ3n) is 6.06. The fourth-order valence-corrected chi connectivity index (χ4v) is 4.52. The fraction of sp³-hybridized carbons (Fsp3) is 0.348. The van der Waals surface area contributed by atoms with E-state index >= 15 is 0 Å². The van der Waals surface area contributed by atoms with Gasteiger partial charge < -0.3 is 9.73 Å². The number of nitrogens with one attached hydrogen (secondary N) is 1. The summed E-state index contributed by atoms with van der Waals surface area (Å²) in [5, 5.41) is 6.70. The number of pyridine rings is 1. The summed E-state index contributed by atoms with van der Waals surface area (Å²) < 4.78 is 6.47. The molecule has 1 atom stereocenters. The standard InChI is InChI=1S/C23H23N3O2/c27-26-21-4-2-17-13-18(1-3-19(17)21)23-20(15-5-9-24-10-6-15)14-22(28-23)16-7-11-25-12-8-16/h1,3,5-6,9-10,13-14,16,21,25H,2,4,7-8,11-12H2. The number of piperidine rings is 1. The Bertz CT molecular complexity index is 990. The zero-order chi connectivity index (χ0) is 18.9. The minimum Gasteiger partial charge on any atom is -0.460 e. The topological polar surface area (TPSA) is 67.5 Å². The van der Waals surface area contributed by atoms with Gasteiger partial charge in [0.2, 0.25) is 0 Å². The molecule has 1 fully saturated rings. The number of furan rings is 1. The normalized spacial score (nSPS) is 19.5. The average molecular weight is 373 g/mol. The van der Waals surface area contributed by atoms with Gasteiger partial charge >= 0.3 is 0 Å². The van der Waals surface area contributed by atoms with E-state index in [9.17, 15) is 4.91 Å². The summed E-state index contributed by atoms with van der Waals surface area (Å²) in [6.07, 6.45) is 7.53. The predicted molar refractivity (Wildman–Crippen MR) is 109 cm³/mol. The molecule has 0 saturated carbocycles. The van der Waals surface area contributed by atoms with E-state index in [-0.39, 0.29) is 6.04 Å². The largest absolute Gasteiger partial charge is 0.460 e. The Morgan fingerprint density at radius 3 is 2.61 bits per heavy atom. The Morgan fingerprint density at radius 2 is 1.82 bits per heavy atom. The first-order chi connectivity index (χ1) is 13.8. The number of fused-ring (bicyclic) bond motifs is 1. The zero-order valence-corrected chi connectivity index (χ0v) is 15.7. The summed E-state index contributed by atoms with van der Waals surface area (Å²) in [6.45, 7) is 2.06. The van der Waals surface area contributed by atoms with Gasteiger partial charge in [-0.3, -0.25) is 4.98 Å². The van der Waals surface area contributed by atoms with Crippen molar-refractivity contribution in [2.75, 3.05) is 13.1 Å². The molecule has 28 heavy (non-hydrogen) atoms. The highest BCUT2D eigenvalue weighted by atomic mass is 16.3. The third-order valence-corrected chi connectivity index (χ3v) is 6.06. The number of nitroso groups, excluding NO2 is 1. The number of hydrogen-bond acceptors (Lipinski definition) is 5. The van der Waals surface area contributed by atoms with Gasteiger partial charge in [-0.25, -0.2) is 0 Å². The fourth-order valence-electron chi connectivity index (χ4n) is 4.52. The summed E-state index contributed by atoms with van der Waals surface area (Å²) in [5.41, 5.74) is 5.56. The number of hydrogen-bond donors (Lipinski definition) is 1. The highest BCUT2D eigenvalue weighted by Crippen LogP contribution is 2.42. The maximum Gasteiger partial charge on any atom is 0.142 e. The maximum absolute atomic E-state index is 11.1. The van der Waals surface area contributed by atoms with Crippen LogP contribution >= 0.6 is 0 Å². The van der Waals surface area contributed by atoms with Crippen LogP contribution in [-0.2, 0) is 6.42 Å². The van der Waals surface area contributed by atoms with Crippen LogP contribution in [0.2, 0.25) is 0 Å². The summed E-state index contributed by atoms with van der Waals surface area (Å²) in [6, 6.07) is 12.4. The third kappa shape index (κ3) is 3.06. The lowest BCUT2D eigenvalue weighted by atomic mass is 9.94. The summed E-state index contributed by atoms with van der Waals surface area (Å²) >= 11 is 0. The molecule has 3 aromatic rings. The molecule has 5 rings (SSSR count). The van der Waals surface area contributed by atoms with Crippen LogP contribution in [0.1, 0.15) is 48.1 Å². The van der Waals surface area contributed by atoms with E-state index in [1.165, 1.54) is 5.56 Å². The number of aromatic nitrogens is 1. The van der Waals surface area contributed by atoms with Crippen molar-refractivity contribution in [2.45, 2.75) is 37.6 Å². The van der Waals surface area contributed by atoms with E-state index in [4.69, 9.17) is 4.42 Å². The molecular weight excluding hydrogens is 350 g/mol. The van der Waals surface area contributed by atoms with Crippen molar-refractivity contribution < 1.29 is 4.42 Å². The van der Waals surface area contributed by atoms with Gasteiger partial charge in [0.25, 0.3) is 0 Å². The van der Waals surface area contributed by atoms with E-state index in [0.29, 0.717) is 5.92 Å². The van der Waals surface area contributed by atoms with E-state index < -0.39 is 0 Å². The second kappa shape index (κ2) is 7.32. The van der Waals surface area contributed by atoms with Crippen molar-refractivity contribution in [1.29, 1.82) is 0 Å². The summed E-state index contributed by atoms with van der Waals surface area (Å²) in [5.74, 6) is 2.43. The quantitative estimate of drug-likeness (QED) is 0.636. The smallest absolute Gasteiger partial charge is 0.142 e. The van der Waals surface area contributed by atoms with Crippen LogP contribution in [0, 0.1) is 4.91 Å². The SMILES string of the molecule is O=NC1CCc2cc(-c3oc(C4CCNCC4)cc3-c3ccncc3)ccc21. The van der Waals surface area contributed by atoms with Crippen molar-refractivity contribution in [1.82, 2.24) is 10.3 Å². The molecule has 1 unspecified atom stereocenters. The van der Waals surface area contributed by atoms with Gasteiger partial charge in [0.05, 0.1) is 0 Å². The minimum atomic E-state index is -0.203. The van der Waals surface area contributed by atoms with Gasteiger partial charge in [0.15, 0.2) is 0 Å².